The molecule has 0 bridgehead atoms. The zero-order valence-corrected chi connectivity index (χ0v) is 8.78. The second-order valence-electron chi connectivity index (χ2n) is 3.56. The summed E-state index contributed by atoms with van der Waals surface area (Å²) in [5, 5.41) is 9.40. The van der Waals surface area contributed by atoms with E-state index in [4.69, 9.17) is 0 Å². The van der Waals surface area contributed by atoms with E-state index in [1.165, 1.54) is 10.6 Å². The fourth-order valence-corrected chi connectivity index (χ4v) is 1.73. The topological polar surface area (TPSA) is 42.2 Å². The number of hydrogen-bond acceptors (Lipinski definition) is 2. The molecule has 1 atom stereocenters. The molecular formula is C13H13NO2. The Balaban J connectivity index is 2.45. The number of benzene rings is 1. The molecule has 1 heterocycles. The van der Waals surface area contributed by atoms with Crippen molar-refractivity contribution in [1.82, 2.24) is 4.57 Å². The molecule has 16 heavy (non-hydrogen) atoms. The Bertz CT molecular complexity index is 505. The van der Waals surface area contributed by atoms with Gasteiger partial charge in [0.05, 0.1) is 12.6 Å². The van der Waals surface area contributed by atoms with E-state index in [1.54, 1.807) is 18.3 Å². The number of aliphatic hydroxyl groups is 1. The highest BCUT2D eigenvalue weighted by Gasteiger charge is 2.12. The highest BCUT2D eigenvalue weighted by Crippen LogP contribution is 2.15. The van der Waals surface area contributed by atoms with E-state index >= 15 is 0 Å². The van der Waals surface area contributed by atoms with Crippen LogP contribution >= 0.6 is 0 Å². The molecule has 82 valence electrons. The monoisotopic (exact) mass is 215 g/mol. The Morgan fingerprint density at radius 1 is 1.06 bits per heavy atom. The molecule has 0 saturated carbocycles. The number of pyridine rings is 1. The van der Waals surface area contributed by atoms with Crippen molar-refractivity contribution in [2.75, 3.05) is 6.61 Å². The maximum atomic E-state index is 11.6. The Morgan fingerprint density at radius 3 is 2.38 bits per heavy atom. The maximum Gasteiger partial charge on any atom is 0.251 e. The van der Waals surface area contributed by atoms with Gasteiger partial charge in [0, 0.05) is 12.3 Å². The van der Waals surface area contributed by atoms with Crippen LogP contribution in [0.5, 0.6) is 0 Å². The second kappa shape index (κ2) is 4.77. The van der Waals surface area contributed by atoms with Crippen molar-refractivity contribution >= 4 is 0 Å². The molecule has 0 aliphatic carbocycles. The first-order valence-electron chi connectivity index (χ1n) is 5.16. The molecule has 0 saturated heterocycles. The van der Waals surface area contributed by atoms with Crippen molar-refractivity contribution in [2.24, 2.45) is 0 Å². The molecule has 3 heteroatoms. The fourth-order valence-electron chi connectivity index (χ4n) is 1.73. The van der Waals surface area contributed by atoms with Gasteiger partial charge in [0.1, 0.15) is 0 Å². The van der Waals surface area contributed by atoms with Gasteiger partial charge in [0.2, 0.25) is 0 Å². The normalized spacial score (nSPS) is 12.3. The van der Waals surface area contributed by atoms with Crippen molar-refractivity contribution < 1.29 is 5.11 Å². The average molecular weight is 215 g/mol. The largest absolute Gasteiger partial charge is 0.394 e. The summed E-state index contributed by atoms with van der Waals surface area (Å²) in [6.07, 6.45) is 1.69. The highest BCUT2D eigenvalue weighted by molar-refractivity contribution is 5.20. The lowest BCUT2D eigenvalue weighted by Gasteiger charge is -2.17. The lowest BCUT2D eigenvalue weighted by Crippen LogP contribution is -2.26. The molecule has 1 aromatic carbocycles. The molecule has 3 nitrogen and oxygen atoms in total. The third-order valence-electron chi connectivity index (χ3n) is 2.54. The average Bonchev–Trinajstić information content (AvgIpc) is 2.34. The van der Waals surface area contributed by atoms with Crippen LogP contribution in [-0.2, 0) is 0 Å². The first kappa shape index (κ1) is 10.6. The molecule has 2 rings (SSSR count). The smallest absolute Gasteiger partial charge is 0.251 e. The van der Waals surface area contributed by atoms with Gasteiger partial charge < -0.3 is 9.67 Å². The summed E-state index contributed by atoms with van der Waals surface area (Å²) in [4.78, 5) is 11.6. The molecule has 0 aliphatic heterocycles. The summed E-state index contributed by atoms with van der Waals surface area (Å²) in [6.45, 7) is -0.0894. The fraction of sp³-hybridized carbons (Fsp3) is 0.154. The number of hydrogen-bond donors (Lipinski definition) is 1. The van der Waals surface area contributed by atoms with Gasteiger partial charge in [-0.15, -0.1) is 0 Å². The molecule has 0 radical (unpaired) electrons. The van der Waals surface area contributed by atoms with Gasteiger partial charge >= 0.3 is 0 Å². The summed E-state index contributed by atoms with van der Waals surface area (Å²) in [5.41, 5.74) is 0.823. The van der Waals surface area contributed by atoms with Crippen LogP contribution in [-0.4, -0.2) is 16.3 Å². The van der Waals surface area contributed by atoms with Crippen LogP contribution in [0.15, 0.2) is 59.5 Å². The van der Waals surface area contributed by atoms with Gasteiger partial charge in [-0.25, -0.2) is 0 Å². The summed E-state index contributed by atoms with van der Waals surface area (Å²) >= 11 is 0. The van der Waals surface area contributed by atoms with Crippen LogP contribution in [0.2, 0.25) is 0 Å². The van der Waals surface area contributed by atoms with Crippen LogP contribution in [0.3, 0.4) is 0 Å². The minimum absolute atomic E-state index is 0.0894. The number of aromatic nitrogens is 1. The van der Waals surface area contributed by atoms with E-state index in [2.05, 4.69) is 0 Å². The van der Waals surface area contributed by atoms with E-state index in [1.807, 2.05) is 30.3 Å². The van der Waals surface area contributed by atoms with Crippen molar-refractivity contribution in [3.05, 3.63) is 70.6 Å². The Labute approximate surface area is 93.6 Å². The summed E-state index contributed by atoms with van der Waals surface area (Å²) in [6, 6.07) is 14.2. The lowest BCUT2D eigenvalue weighted by atomic mass is 10.1. The zero-order valence-electron chi connectivity index (χ0n) is 8.78. The van der Waals surface area contributed by atoms with Gasteiger partial charge in [-0.05, 0) is 11.6 Å². The third-order valence-corrected chi connectivity index (χ3v) is 2.54. The van der Waals surface area contributed by atoms with Crippen LogP contribution in [0.25, 0.3) is 0 Å². The predicted molar refractivity (Wildman–Crippen MR) is 62.4 cm³/mol. The SMILES string of the molecule is O=c1ccccn1[C@@H](CO)c1ccccc1. The summed E-state index contributed by atoms with van der Waals surface area (Å²) < 4.78 is 1.54. The second-order valence-corrected chi connectivity index (χ2v) is 3.56. The first-order valence-corrected chi connectivity index (χ1v) is 5.16. The Morgan fingerprint density at radius 2 is 1.75 bits per heavy atom. The summed E-state index contributed by atoms with van der Waals surface area (Å²) in [7, 11) is 0. The maximum absolute atomic E-state index is 11.6. The van der Waals surface area contributed by atoms with Gasteiger partial charge in [-0.2, -0.15) is 0 Å². The molecule has 0 amide bonds. The van der Waals surface area contributed by atoms with Gasteiger partial charge in [0.15, 0.2) is 0 Å². The molecule has 0 unspecified atom stereocenters. The first-order chi connectivity index (χ1) is 7.83. The van der Waals surface area contributed by atoms with Crippen molar-refractivity contribution in [1.29, 1.82) is 0 Å². The van der Waals surface area contributed by atoms with Crippen molar-refractivity contribution in [2.45, 2.75) is 6.04 Å². The Kier molecular flexibility index (Phi) is 3.17. The standard InChI is InChI=1S/C13H13NO2/c15-10-12(11-6-2-1-3-7-11)14-9-5-4-8-13(14)16/h1-9,12,15H,10H2/t12-/m0/s1. The van der Waals surface area contributed by atoms with Gasteiger partial charge in [-0.1, -0.05) is 36.4 Å². The zero-order chi connectivity index (χ0) is 11.4. The van der Waals surface area contributed by atoms with Crippen LogP contribution in [0.4, 0.5) is 0 Å². The molecule has 1 N–H and O–H groups in total. The Hall–Kier alpha value is -1.87. The van der Waals surface area contributed by atoms with Crippen molar-refractivity contribution in [3.8, 4) is 0 Å². The molecular weight excluding hydrogens is 202 g/mol. The molecule has 0 spiro atoms. The molecule has 0 fully saturated rings. The minimum Gasteiger partial charge on any atom is -0.394 e. The van der Waals surface area contributed by atoms with Crippen LogP contribution in [0, 0.1) is 0 Å². The van der Waals surface area contributed by atoms with E-state index in [0.29, 0.717) is 0 Å². The predicted octanol–water partition coefficient (Wildman–Crippen LogP) is 1.43. The van der Waals surface area contributed by atoms with Crippen LogP contribution < -0.4 is 5.56 Å². The van der Waals surface area contributed by atoms with Gasteiger partial charge in [0.25, 0.3) is 5.56 Å². The summed E-state index contributed by atoms with van der Waals surface area (Å²) in [5.74, 6) is 0. The van der Waals surface area contributed by atoms with E-state index in [9.17, 15) is 9.90 Å². The minimum atomic E-state index is -0.310. The van der Waals surface area contributed by atoms with E-state index in [0.717, 1.165) is 5.56 Å². The third kappa shape index (κ3) is 2.04. The van der Waals surface area contributed by atoms with E-state index < -0.39 is 0 Å². The van der Waals surface area contributed by atoms with E-state index in [-0.39, 0.29) is 18.2 Å². The number of nitrogens with zero attached hydrogens (tertiary/aromatic N) is 1. The van der Waals surface area contributed by atoms with Gasteiger partial charge in [-0.3, -0.25) is 4.79 Å². The number of rotatable bonds is 3. The van der Waals surface area contributed by atoms with Crippen molar-refractivity contribution in [3.63, 3.8) is 0 Å². The lowest BCUT2D eigenvalue weighted by molar-refractivity contribution is 0.247. The highest BCUT2D eigenvalue weighted by atomic mass is 16.3. The molecule has 2 aromatic rings. The van der Waals surface area contributed by atoms with Crippen LogP contribution in [0.1, 0.15) is 11.6 Å². The quantitative estimate of drug-likeness (QED) is 0.841. The molecule has 1 aromatic heterocycles. The molecule has 0 aliphatic rings. The number of aliphatic hydroxyl groups excluding tert-OH is 1.